The molecule has 128 valence electrons. The molecule has 1 heterocycles. The second-order valence-electron chi connectivity index (χ2n) is 6.15. The first-order chi connectivity index (χ1) is 12.8. The highest BCUT2D eigenvalue weighted by Crippen LogP contribution is 2.38. The lowest BCUT2D eigenvalue weighted by Gasteiger charge is -2.32. The summed E-state index contributed by atoms with van der Waals surface area (Å²) >= 11 is 0. The molecule has 0 saturated carbocycles. The molecule has 26 heavy (non-hydrogen) atoms. The first-order valence-electron chi connectivity index (χ1n) is 8.59. The van der Waals surface area contributed by atoms with Gasteiger partial charge >= 0.3 is 0 Å². The van der Waals surface area contributed by atoms with Crippen molar-refractivity contribution in [3.05, 3.63) is 96.6 Å². The molecular weight excluding hydrogens is 322 g/mol. The summed E-state index contributed by atoms with van der Waals surface area (Å²) in [4.78, 5) is 14.4. The van der Waals surface area contributed by atoms with Gasteiger partial charge in [-0.05, 0) is 29.8 Å². The fraction of sp³-hybridized carbons (Fsp3) is 0.0909. The van der Waals surface area contributed by atoms with E-state index in [0.29, 0.717) is 5.84 Å². The number of ketones is 1. The molecule has 0 N–H and O–H groups in total. The van der Waals surface area contributed by atoms with Crippen molar-refractivity contribution in [3.8, 4) is 0 Å². The fourth-order valence-corrected chi connectivity index (χ4v) is 3.22. The first kappa shape index (κ1) is 16.1. The SMILES string of the molecule is CC(=O)C1=NN(c2ccccc2)[C@H](c2ccccc2)N1c1ccccc1. The smallest absolute Gasteiger partial charge is 0.198 e. The van der Waals surface area contributed by atoms with Gasteiger partial charge < -0.3 is 0 Å². The van der Waals surface area contributed by atoms with E-state index < -0.39 is 0 Å². The normalized spacial score (nSPS) is 16.5. The molecule has 0 saturated heterocycles. The van der Waals surface area contributed by atoms with Gasteiger partial charge in [0, 0.05) is 12.6 Å². The predicted octanol–water partition coefficient (Wildman–Crippen LogP) is 4.61. The van der Waals surface area contributed by atoms with Crippen molar-refractivity contribution in [1.82, 2.24) is 0 Å². The summed E-state index contributed by atoms with van der Waals surface area (Å²) in [5, 5.41) is 6.62. The maximum Gasteiger partial charge on any atom is 0.198 e. The molecule has 1 atom stereocenters. The van der Waals surface area contributed by atoms with Crippen LogP contribution in [0.2, 0.25) is 0 Å². The van der Waals surface area contributed by atoms with E-state index in [9.17, 15) is 4.79 Å². The Balaban J connectivity index is 1.89. The average Bonchev–Trinajstić information content (AvgIpc) is 3.11. The van der Waals surface area contributed by atoms with Crippen molar-refractivity contribution in [1.29, 1.82) is 0 Å². The number of para-hydroxylation sites is 2. The summed E-state index contributed by atoms with van der Waals surface area (Å²) in [6.07, 6.45) is -0.222. The summed E-state index contributed by atoms with van der Waals surface area (Å²) in [6, 6.07) is 30.0. The highest BCUT2D eigenvalue weighted by Gasteiger charge is 2.38. The number of anilines is 2. The molecule has 0 radical (unpaired) electrons. The molecule has 3 aromatic rings. The van der Waals surface area contributed by atoms with E-state index in [4.69, 9.17) is 5.10 Å². The molecule has 1 aliphatic heterocycles. The van der Waals surface area contributed by atoms with Gasteiger partial charge in [0.2, 0.25) is 0 Å². The third-order valence-electron chi connectivity index (χ3n) is 4.37. The number of rotatable bonds is 4. The van der Waals surface area contributed by atoms with Crippen molar-refractivity contribution in [2.75, 3.05) is 9.91 Å². The van der Waals surface area contributed by atoms with Crippen LogP contribution in [-0.2, 0) is 4.79 Å². The summed E-state index contributed by atoms with van der Waals surface area (Å²) < 4.78 is 0. The molecule has 0 aromatic heterocycles. The van der Waals surface area contributed by atoms with Crippen molar-refractivity contribution in [2.24, 2.45) is 5.10 Å². The third-order valence-corrected chi connectivity index (χ3v) is 4.37. The number of hydrogen-bond donors (Lipinski definition) is 0. The summed E-state index contributed by atoms with van der Waals surface area (Å²) in [5.41, 5.74) is 2.95. The van der Waals surface area contributed by atoms with E-state index in [-0.39, 0.29) is 11.9 Å². The predicted molar refractivity (Wildman–Crippen MR) is 105 cm³/mol. The van der Waals surface area contributed by atoms with Crippen LogP contribution in [0, 0.1) is 0 Å². The molecule has 0 spiro atoms. The minimum Gasteiger partial charge on any atom is -0.295 e. The van der Waals surface area contributed by atoms with Crippen molar-refractivity contribution >= 4 is 23.0 Å². The van der Waals surface area contributed by atoms with Crippen LogP contribution in [0.15, 0.2) is 96.1 Å². The topological polar surface area (TPSA) is 35.9 Å². The van der Waals surface area contributed by atoms with E-state index >= 15 is 0 Å². The monoisotopic (exact) mass is 341 g/mol. The zero-order valence-corrected chi connectivity index (χ0v) is 14.5. The van der Waals surface area contributed by atoms with Crippen LogP contribution in [0.5, 0.6) is 0 Å². The fourth-order valence-electron chi connectivity index (χ4n) is 3.22. The minimum absolute atomic E-state index is 0.0618. The van der Waals surface area contributed by atoms with Crippen molar-refractivity contribution in [2.45, 2.75) is 13.1 Å². The molecule has 1 aliphatic rings. The van der Waals surface area contributed by atoms with Gasteiger partial charge in [0.05, 0.1) is 5.69 Å². The number of nitrogens with zero attached hydrogens (tertiary/aromatic N) is 3. The quantitative estimate of drug-likeness (QED) is 0.695. The minimum atomic E-state index is -0.222. The highest BCUT2D eigenvalue weighted by atomic mass is 16.1. The zero-order valence-electron chi connectivity index (χ0n) is 14.5. The Labute approximate surface area is 153 Å². The Morgan fingerprint density at radius 1 is 0.769 bits per heavy atom. The lowest BCUT2D eigenvalue weighted by atomic mass is 10.1. The molecule has 0 fully saturated rings. The van der Waals surface area contributed by atoms with Crippen LogP contribution in [0.3, 0.4) is 0 Å². The zero-order chi connectivity index (χ0) is 17.9. The Morgan fingerprint density at radius 2 is 1.27 bits per heavy atom. The molecule has 4 heteroatoms. The van der Waals surface area contributed by atoms with Gasteiger partial charge in [-0.25, -0.2) is 5.01 Å². The summed E-state index contributed by atoms with van der Waals surface area (Å²) in [5.74, 6) is 0.377. The number of carbonyl (C=O) groups is 1. The Kier molecular flexibility index (Phi) is 4.23. The van der Waals surface area contributed by atoms with Gasteiger partial charge in [0.25, 0.3) is 0 Å². The van der Waals surface area contributed by atoms with Crippen LogP contribution in [0.4, 0.5) is 11.4 Å². The second-order valence-corrected chi connectivity index (χ2v) is 6.15. The van der Waals surface area contributed by atoms with Crippen molar-refractivity contribution < 1.29 is 4.79 Å². The molecule has 0 bridgehead atoms. The lowest BCUT2D eigenvalue weighted by molar-refractivity contribution is -0.111. The maximum atomic E-state index is 12.4. The molecule has 4 rings (SSSR count). The number of carbonyl (C=O) groups excluding carboxylic acids is 1. The third kappa shape index (κ3) is 2.86. The number of hydrazone groups is 1. The van der Waals surface area contributed by atoms with E-state index in [1.165, 1.54) is 0 Å². The van der Waals surface area contributed by atoms with Gasteiger partial charge in [0.15, 0.2) is 17.8 Å². The molecule has 4 nitrogen and oxygen atoms in total. The van der Waals surface area contributed by atoms with Crippen molar-refractivity contribution in [3.63, 3.8) is 0 Å². The number of benzene rings is 3. The molecule has 0 unspecified atom stereocenters. The number of Topliss-reactive ketones (excluding diaryl/α,β-unsaturated/α-hetero) is 1. The summed E-state index contributed by atoms with van der Waals surface area (Å²) in [6.45, 7) is 1.56. The maximum absolute atomic E-state index is 12.4. The molecule has 3 aromatic carbocycles. The van der Waals surface area contributed by atoms with Gasteiger partial charge in [-0.2, -0.15) is 0 Å². The van der Waals surface area contributed by atoms with Gasteiger partial charge in [-0.3, -0.25) is 9.69 Å². The first-order valence-corrected chi connectivity index (χ1v) is 8.59. The molecule has 0 amide bonds. The number of amidine groups is 1. The number of hydrogen-bond acceptors (Lipinski definition) is 4. The van der Waals surface area contributed by atoms with E-state index in [1.807, 2.05) is 88.8 Å². The summed E-state index contributed by atoms with van der Waals surface area (Å²) in [7, 11) is 0. The Bertz CT molecular complexity index is 923. The second kappa shape index (κ2) is 6.84. The standard InChI is InChI=1S/C22H19N3O/c1-17(26)21-23-25(20-15-9-4-10-16-20)22(18-11-5-2-6-12-18)24(21)19-13-7-3-8-14-19/h2-16,22H,1H3/t22-/m1/s1. The van der Waals surface area contributed by atoms with Crippen LogP contribution < -0.4 is 9.91 Å². The van der Waals surface area contributed by atoms with Gasteiger partial charge in [-0.1, -0.05) is 66.7 Å². The van der Waals surface area contributed by atoms with E-state index in [0.717, 1.165) is 16.9 Å². The van der Waals surface area contributed by atoms with Crippen LogP contribution >= 0.6 is 0 Å². The van der Waals surface area contributed by atoms with Crippen LogP contribution in [0.1, 0.15) is 18.7 Å². The Hall–Kier alpha value is -3.40. The van der Waals surface area contributed by atoms with Gasteiger partial charge in [0.1, 0.15) is 0 Å². The van der Waals surface area contributed by atoms with Crippen LogP contribution in [-0.4, -0.2) is 11.6 Å². The average molecular weight is 341 g/mol. The van der Waals surface area contributed by atoms with Crippen LogP contribution in [0.25, 0.3) is 0 Å². The van der Waals surface area contributed by atoms with E-state index in [2.05, 4.69) is 12.1 Å². The largest absolute Gasteiger partial charge is 0.295 e. The highest BCUT2D eigenvalue weighted by molar-refractivity contribution is 6.44. The Morgan fingerprint density at radius 3 is 1.81 bits per heavy atom. The van der Waals surface area contributed by atoms with Gasteiger partial charge in [-0.15, -0.1) is 5.10 Å². The lowest BCUT2D eigenvalue weighted by Crippen LogP contribution is -2.37. The molecule has 0 aliphatic carbocycles. The van der Waals surface area contributed by atoms with E-state index in [1.54, 1.807) is 6.92 Å². The molecular formula is C22H19N3O.